The van der Waals surface area contributed by atoms with Crippen LogP contribution in [0.1, 0.15) is 33.6 Å². The average molecular weight is 171 g/mol. The van der Waals surface area contributed by atoms with Crippen molar-refractivity contribution < 1.29 is 9.90 Å². The van der Waals surface area contributed by atoms with Gasteiger partial charge in [0.15, 0.2) is 0 Å². The summed E-state index contributed by atoms with van der Waals surface area (Å²) in [6.45, 7) is 5.78. The Bertz CT molecular complexity index is 193. The lowest BCUT2D eigenvalue weighted by Gasteiger charge is -2.24. The molecule has 1 fully saturated rings. The first-order valence-corrected chi connectivity index (χ1v) is 4.50. The molecule has 0 amide bonds. The van der Waals surface area contributed by atoms with E-state index in [0.29, 0.717) is 18.4 Å². The summed E-state index contributed by atoms with van der Waals surface area (Å²) in [6, 6.07) is 0.422. The molecule has 3 nitrogen and oxygen atoms in total. The third-order valence-corrected chi connectivity index (χ3v) is 2.79. The minimum Gasteiger partial charge on any atom is -0.480 e. The van der Waals surface area contributed by atoms with Gasteiger partial charge in [0.25, 0.3) is 0 Å². The van der Waals surface area contributed by atoms with Gasteiger partial charge in [-0.25, -0.2) is 0 Å². The molecule has 0 heterocycles. The molecule has 0 aliphatic heterocycles. The molecule has 2 N–H and O–H groups in total. The van der Waals surface area contributed by atoms with Gasteiger partial charge in [0, 0.05) is 6.04 Å². The van der Waals surface area contributed by atoms with Crippen LogP contribution in [0.3, 0.4) is 0 Å². The molecule has 0 aromatic rings. The Labute approximate surface area is 73.2 Å². The van der Waals surface area contributed by atoms with Crippen molar-refractivity contribution in [3.05, 3.63) is 0 Å². The first-order valence-electron chi connectivity index (χ1n) is 4.50. The Kier molecular flexibility index (Phi) is 2.42. The second kappa shape index (κ2) is 3.05. The van der Waals surface area contributed by atoms with E-state index >= 15 is 0 Å². The van der Waals surface area contributed by atoms with Crippen molar-refractivity contribution in [2.75, 3.05) is 0 Å². The van der Waals surface area contributed by atoms with E-state index in [2.05, 4.69) is 12.2 Å². The van der Waals surface area contributed by atoms with Gasteiger partial charge in [-0.15, -0.1) is 0 Å². The predicted molar refractivity (Wildman–Crippen MR) is 47.0 cm³/mol. The number of hydrogen-bond donors (Lipinski definition) is 2. The monoisotopic (exact) mass is 171 g/mol. The van der Waals surface area contributed by atoms with Crippen LogP contribution < -0.4 is 5.32 Å². The lowest BCUT2D eigenvalue weighted by molar-refractivity contribution is -0.144. The van der Waals surface area contributed by atoms with Crippen LogP contribution in [-0.2, 0) is 4.79 Å². The van der Waals surface area contributed by atoms with Crippen LogP contribution in [-0.4, -0.2) is 22.7 Å². The summed E-state index contributed by atoms with van der Waals surface area (Å²) in [5, 5.41) is 12.1. The standard InChI is InChI=1S/C9H17NO2/c1-4-9(3,8(11)12)10-7-5-6(7)2/h6-7,10H,4-5H2,1-3H3,(H,11,12). The fourth-order valence-electron chi connectivity index (χ4n) is 1.25. The Morgan fingerprint density at radius 2 is 2.25 bits per heavy atom. The van der Waals surface area contributed by atoms with E-state index in [1.165, 1.54) is 0 Å². The summed E-state index contributed by atoms with van der Waals surface area (Å²) in [4.78, 5) is 10.9. The van der Waals surface area contributed by atoms with Gasteiger partial charge in [-0.1, -0.05) is 13.8 Å². The molecule has 0 spiro atoms. The van der Waals surface area contributed by atoms with Crippen LogP contribution in [0.15, 0.2) is 0 Å². The van der Waals surface area contributed by atoms with Gasteiger partial charge in [-0.2, -0.15) is 0 Å². The smallest absolute Gasteiger partial charge is 0.323 e. The quantitative estimate of drug-likeness (QED) is 0.669. The van der Waals surface area contributed by atoms with Gasteiger partial charge >= 0.3 is 5.97 Å². The van der Waals surface area contributed by atoms with E-state index in [4.69, 9.17) is 5.11 Å². The maximum absolute atomic E-state index is 10.9. The van der Waals surface area contributed by atoms with Crippen LogP contribution in [0.2, 0.25) is 0 Å². The number of aliphatic carboxylic acids is 1. The highest BCUT2D eigenvalue weighted by Crippen LogP contribution is 2.31. The molecule has 3 atom stereocenters. The molecule has 1 aliphatic rings. The second-order valence-corrected chi connectivity index (χ2v) is 3.95. The van der Waals surface area contributed by atoms with Crippen LogP contribution >= 0.6 is 0 Å². The van der Waals surface area contributed by atoms with Crippen LogP contribution in [0.5, 0.6) is 0 Å². The van der Waals surface area contributed by atoms with Gasteiger partial charge < -0.3 is 5.11 Å². The van der Waals surface area contributed by atoms with Crippen molar-refractivity contribution in [1.82, 2.24) is 5.32 Å². The highest BCUT2D eigenvalue weighted by atomic mass is 16.4. The fraction of sp³-hybridized carbons (Fsp3) is 0.889. The van der Waals surface area contributed by atoms with Crippen LogP contribution in [0.4, 0.5) is 0 Å². The maximum Gasteiger partial charge on any atom is 0.323 e. The third kappa shape index (κ3) is 1.78. The number of nitrogens with one attached hydrogen (secondary N) is 1. The topological polar surface area (TPSA) is 49.3 Å². The number of hydrogen-bond acceptors (Lipinski definition) is 2. The van der Waals surface area contributed by atoms with E-state index in [1.54, 1.807) is 6.92 Å². The van der Waals surface area contributed by atoms with E-state index in [9.17, 15) is 4.79 Å². The number of carbonyl (C=O) groups is 1. The molecule has 0 aromatic heterocycles. The SMILES string of the molecule is CCC(C)(NC1CC1C)C(=O)O. The number of carboxylic acids is 1. The predicted octanol–water partition coefficient (Wildman–Crippen LogP) is 1.24. The number of carboxylic acid groups (broad SMARTS) is 1. The zero-order valence-corrected chi connectivity index (χ0v) is 7.92. The van der Waals surface area contributed by atoms with Gasteiger partial charge in [-0.3, -0.25) is 10.1 Å². The van der Waals surface area contributed by atoms with Crippen molar-refractivity contribution in [2.45, 2.75) is 45.2 Å². The highest BCUT2D eigenvalue weighted by molar-refractivity contribution is 5.78. The molecule has 1 saturated carbocycles. The third-order valence-electron chi connectivity index (χ3n) is 2.79. The largest absolute Gasteiger partial charge is 0.480 e. The Hall–Kier alpha value is -0.570. The van der Waals surface area contributed by atoms with Crippen molar-refractivity contribution in [3.8, 4) is 0 Å². The van der Waals surface area contributed by atoms with Crippen molar-refractivity contribution in [1.29, 1.82) is 0 Å². The first kappa shape index (κ1) is 9.52. The summed E-state index contributed by atoms with van der Waals surface area (Å²) in [5.74, 6) is -0.0978. The summed E-state index contributed by atoms with van der Waals surface area (Å²) in [7, 11) is 0. The van der Waals surface area contributed by atoms with Gasteiger partial charge in [-0.05, 0) is 25.7 Å². The number of rotatable bonds is 4. The summed E-state index contributed by atoms with van der Waals surface area (Å²) in [6.07, 6.45) is 1.74. The minimum atomic E-state index is -0.746. The Morgan fingerprint density at radius 1 is 1.75 bits per heavy atom. The van der Waals surface area contributed by atoms with Gasteiger partial charge in [0.1, 0.15) is 5.54 Å². The lowest BCUT2D eigenvalue weighted by atomic mass is 9.99. The highest BCUT2D eigenvalue weighted by Gasteiger charge is 2.41. The van der Waals surface area contributed by atoms with Crippen LogP contribution in [0.25, 0.3) is 0 Å². The Morgan fingerprint density at radius 3 is 2.50 bits per heavy atom. The molecular weight excluding hydrogens is 154 g/mol. The molecular formula is C9H17NO2. The van der Waals surface area contributed by atoms with Crippen molar-refractivity contribution >= 4 is 5.97 Å². The summed E-state index contributed by atoms with van der Waals surface area (Å²) in [5.41, 5.74) is -0.727. The second-order valence-electron chi connectivity index (χ2n) is 3.95. The van der Waals surface area contributed by atoms with E-state index in [-0.39, 0.29) is 0 Å². The van der Waals surface area contributed by atoms with Crippen molar-refractivity contribution in [3.63, 3.8) is 0 Å². The lowest BCUT2D eigenvalue weighted by Crippen LogP contribution is -2.50. The molecule has 3 unspecified atom stereocenters. The molecule has 0 bridgehead atoms. The van der Waals surface area contributed by atoms with E-state index in [0.717, 1.165) is 6.42 Å². The molecule has 70 valence electrons. The maximum atomic E-state index is 10.9. The molecule has 1 rings (SSSR count). The zero-order valence-electron chi connectivity index (χ0n) is 7.92. The van der Waals surface area contributed by atoms with Gasteiger partial charge in [0.05, 0.1) is 0 Å². The van der Waals surface area contributed by atoms with Crippen LogP contribution in [0, 0.1) is 5.92 Å². The molecule has 1 aliphatic carbocycles. The molecule has 3 heteroatoms. The first-order chi connectivity index (χ1) is 5.49. The van der Waals surface area contributed by atoms with E-state index in [1.807, 2.05) is 6.92 Å². The average Bonchev–Trinajstić information content (AvgIpc) is 2.66. The fourth-order valence-corrected chi connectivity index (χ4v) is 1.25. The van der Waals surface area contributed by atoms with Crippen molar-refractivity contribution in [2.24, 2.45) is 5.92 Å². The molecule has 0 aromatic carbocycles. The molecule has 0 saturated heterocycles. The molecule has 12 heavy (non-hydrogen) atoms. The van der Waals surface area contributed by atoms with E-state index < -0.39 is 11.5 Å². The molecule has 0 radical (unpaired) electrons. The zero-order chi connectivity index (χ0) is 9.35. The summed E-state index contributed by atoms with van der Waals surface area (Å²) < 4.78 is 0. The van der Waals surface area contributed by atoms with Gasteiger partial charge in [0.2, 0.25) is 0 Å². The summed E-state index contributed by atoms with van der Waals surface area (Å²) >= 11 is 0. The minimum absolute atomic E-state index is 0.422. The Balaban J connectivity index is 2.49. The normalized spacial score (nSPS) is 32.6.